The van der Waals surface area contributed by atoms with Gasteiger partial charge in [-0.2, -0.15) is 0 Å². The summed E-state index contributed by atoms with van der Waals surface area (Å²) < 4.78 is 13.0. The van der Waals surface area contributed by atoms with Crippen LogP contribution in [0.2, 0.25) is 0 Å². The lowest BCUT2D eigenvalue weighted by atomic mass is 9.94. The zero-order chi connectivity index (χ0) is 19.1. The van der Waals surface area contributed by atoms with Crippen molar-refractivity contribution in [2.24, 2.45) is 11.8 Å². The zero-order valence-corrected chi connectivity index (χ0v) is 16.1. The molecular formula is C21H31FN2O2. The second kappa shape index (κ2) is 9.70. The molecule has 1 unspecified atom stereocenters. The summed E-state index contributed by atoms with van der Waals surface area (Å²) in [6.45, 7) is 7.62. The number of nitrogens with one attached hydrogen (secondary N) is 1. The highest BCUT2D eigenvalue weighted by atomic mass is 19.1. The molecule has 144 valence electrons. The maximum absolute atomic E-state index is 13.0. The summed E-state index contributed by atoms with van der Waals surface area (Å²) in [6, 6.07) is 5.81. The molecule has 1 heterocycles. The van der Waals surface area contributed by atoms with Crippen molar-refractivity contribution in [1.29, 1.82) is 0 Å². The molecular weight excluding hydrogens is 331 g/mol. The SMILES string of the molecule is CC(C)CCCC(C)NC(=O)C1CCN(C(=O)c2ccc(F)cc2)CC1. The van der Waals surface area contributed by atoms with E-state index in [2.05, 4.69) is 26.1 Å². The van der Waals surface area contributed by atoms with E-state index in [4.69, 9.17) is 0 Å². The van der Waals surface area contributed by atoms with Gasteiger partial charge in [0.2, 0.25) is 5.91 Å². The fourth-order valence-corrected chi connectivity index (χ4v) is 3.38. The Kier molecular flexibility index (Phi) is 7.61. The highest BCUT2D eigenvalue weighted by Gasteiger charge is 2.28. The molecule has 4 nitrogen and oxygen atoms in total. The minimum absolute atomic E-state index is 0.0279. The predicted molar refractivity (Wildman–Crippen MR) is 101 cm³/mol. The summed E-state index contributed by atoms with van der Waals surface area (Å²) in [5.74, 6) is 0.335. The summed E-state index contributed by atoms with van der Waals surface area (Å²) in [7, 11) is 0. The number of carbonyl (C=O) groups excluding carboxylic acids is 2. The first kappa shape index (κ1) is 20.4. The fraction of sp³-hybridized carbons (Fsp3) is 0.619. The van der Waals surface area contributed by atoms with Gasteiger partial charge in [0, 0.05) is 30.6 Å². The van der Waals surface area contributed by atoms with E-state index in [0.717, 1.165) is 12.8 Å². The van der Waals surface area contributed by atoms with Crippen LogP contribution in [0.4, 0.5) is 4.39 Å². The summed E-state index contributed by atoms with van der Waals surface area (Å²) in [5, 5.41) is 3.12. The van der Waals surface area contributed by atoms with E-state index in [-0.39, 0.29) is 29.6 Å². The lowest BCUT2D eigenvalue weighted by Gasteiger charge is -2.32. The first-order chi connectivity index (χ1) is 12.4. The fourth-order valence-electron chi connectivity index (χ4n) is 3.38. The molecule has 5 heteroatoms. The summed E-state index contributed by atoms with van der Waals surface area (Å²) in [4.78, 5) is 26.6. The van der Waals surface area contributed by atoms with Crippen LogP contribution in [-0.2, 0) is 4.79 Å². The minimum Gasteiger partial charge on any atom is -0.353 e. The number of nitrogens with zero attached hydrogens (tertiary/aromatic N) is 1. The Balaban J connectivity index is 1.75. The Labute approximate surface area is 156 Å². The molecule has 1 aliphatic heterocycles. The molecule has 2 rings (SSSR count). The zero-order valence-electron chi connectivity index (χ0n) is 16.1. The smallest absolute Gasteiger partial charge is 0.253 e. The van der Waals surface area contributed by atoms with Gasteiger partial charge in [-0.15, -0.1) is 0 Å². The average molecular weight is 362 g/mol. The Hall–Kier alpha value is -1.91. The maximum atomic E-state index is 13.0. The Morgan fingerprint density at radius 1 is 1.12 bits per heavy atom. The highest BCUT2D eigenvalue weighted by Crippen LogP contribution is 2.20. The van der Waals surface area contributed by atoms with Gasteiger partial charge in [-0.05, 0) is 56.4 Å². The van der Waals surface area contributed by atoms with Crippen LogP contribution in [-0.4, -0.2) is 35.8 Å². The third kappa shape index (κ3) is 6.11. The van der Waals surface area contributed by atoms with Crippen molar-refractivity contribution in [1.82, 2.24) is 10.2 Å². The molecule has 2 amide bonds. The monoisotopic (exact) mass is 362 g/mol. The third-order valence-corrected chi connectivity index (χ3v) is 5.05. The molecule has 1 atom stereocenters. The highest BCUT2D eigenvalue weighted by molar-refractivity contribution is 5.94. The van der Waals surface area contributed by atoms with Crippen molar-refractivity contribution < 1.29 is 14.0 Å². The third-order valence-electron chi connectivity index (χ3n) is 5.05. The Morgan fingerprint density at radius 2 is 1.73 bits per heavy atom. The van der Waals surface area contributed by atoms with Gasteiger partial charge in [0.05, 0.1) is 0 Å². The van der Waals surface area contributed by atoms with E-state index in [0.29, 0.717) is 37.4 Å². The van der Waals surface area contributed by atoms with Gasteiger partial charge in [0.15, 0.2) is 0 Å². The van der Waals surface area contributed by atoms with Crippen LogP contribution >= 0.6 is 0 Å². The van der Waals surface area contributed by atoms with Crippen molar-refractivity contribution in [3.63, 3.8) is 0 Å². The molecule has 1 saturated heterocycles. The van der Waals surface area contributed by atoms with Crippen LogP contribution in [0, 0.1) is 17.7 Å². The molecule has 1 N–H and O–H groups in total. The van der Waals surface area contributed by atoms with Crippen LogP contribution in [0.5, 0.6) is 0 Å². The second-order valence-electron chi connectivity index (χ2n) is 7.81. The van der Waals surface area contributed by atoms with E-state index < -0.39 is 0 Å². The number of rotatable bonds is 7. The van der Waals surface area contributed by atoms with E-state index in [1.54, 1.807) is 4.90 Å². The van der Waals surface area contributed by atoms with Gasteiger partial charge in [0.25, 0.3) is 5.91 Å². The minimum atomic E-state index is -0.348. The molecule has 26 heavy (non-hydrogen) atoms. The van der Waals surface area contributed by atoms with E-state index in [1.165, 1.54) is 30.7 Å². The average Bonchev–Trinajstić information content (AvgIpc) is 2.61. The first-order valence-corrected chi connectivity index (χ1v) is 9.72. The number of piperidine rings is 1. The van der Waals surface area contributed by atoms with E-state index in [1.807, 2.05) is 0 Å². The molecule has 0 aliphatic carbocycles. The lowest BCUT2D eigenvalue weighted by molar-refractivity contribution is -0.126. The van der Waals surface area contributed by atoms with Crippen molar-refractivity contribution >= 4 is 11.8 Å². The van der Waals surface area contributed by atoms with Gasteiger partial charge >= 0.3 is 0 Å². The molecule has 0 radical (unpaired) electrons. The largest absolute Gasteiger partial charge is 0.353 e. The number of hydrogen-bond donors (Lipinski definition) is 1. The second-order valence-corrected chi connectivity index (χ2v) is 7.81. The molecule has 1 aromatic rings. The number of likely N-dealkylation sites (tertiary alicyclic amines) is 1. The van der Waals surface area contributed by atoms with Gasteiger partial charge in [0.1, 0.15) is 5.82 Å². The number of carbonyl (C=O) groups is 2. The van der Waals surface area contributed by atoms with Crippen LogP contribution in [0.3, 0.4) is 0 Å². The van der Waals surface area contributed by atoms with Gasteiger partial charge < -0.3 is 10.2 Å². The van der Waals surface area contributed by atoms with E-state index >= 15 is 0 Å². The van der Waals surface area contributed by atoms with Crippen LogP contribution < -0.4 is 5.32 Å². The predicted octanol–water partition coefficient (Wildman–Crippen LogP) is 4.01. The Morgan fingerprint density at radius 3 is 2.31 bits per heavy atom. The summed E-state index contributed by atoms with van der Waals surface area (Å²) in [6.07, 6.45) is 4.68. The number of benzene rings is 1. The summed E-state index contributed by atoms with van der Waals surface area (Å²) in [5.41, 5.74) is 0.494. The van der Waals surface area contributed by atoms with Gasteiger partial charge in [-0.1, -0.05) is 26.7 Å². The molecule has 0 aromatic heterocycles. The van der Waals surface area contributed by atoms with Crippen LogP contribution in [0.1, 0.15) is 63.2 Å². The quantitative estimate of drug-likeness (QED) is 0.797. The molecule has 0 saturated carbocycles. The lowest BCUT2D eigenvalue weighted by Crippen LogP contribution is -2.44. The maximum Gasteiger partial charge on any atom is 0.253 e. The van der Waals surface area contributed by atoms with Gasteiger partial charge in [-0.3, -0.25) is 9.59 Å². The topological polar surface area (TPSA) is 49.4 Å². The molecule has 0 bridgehead atoms. The van der Waals surface area contributed by atoms with Crippen molar-refractivity contribution in [2.75, 3.05) is 13.1 Å². The molecule has 1 fully saturated rings. The summed E-state index contributed by atoms with van der Waals surface area (Å²) >= 11 is 0. The standard InChI is InChI=1S/C21H31FN2O2/c1-15(2)5-4-6-16(3)23-20(25)17-11-13-24(14-12-17)21(26)18-7-9-19(22)10-8-18/h7-10,15-17H,4-6,11-14H2,1-3H3,(H,23,25). The van der Waals surface area contributed by atoms with Crippen molar-refractivity contribution in [2.45, 2.75) is 58.9 Å². The Bertz CT molecular complexity index is 593. The number of halogens is 1. The van der Waals surface area contributed by atoms with Crippen molar-refractivity contribution in [3.05, 3.63) is 35.6 Å². The molecule has 1 aromatic carbocycles. The molecule has 0 spiro atoms. The molecule has 1 aliphatic rings. The van der Waals surface area contributed by atoms with E-state index in [9.17, 15) is 14.0 Å². The van der Waals surface area contributed by atoms with Gasteiger partial charge in [-0.25, -0.2) is 4.39 Å². The number of hydrogen-bond acceptors (Lipinski definition) is 2. The van der Waals surface area contributed by atoms with Crippen LogP contribution in [0.25, 0.3) is 0 Å². The van der Waals surface area contributed by atoms with Crippen molar-refractivity contribution in [3.8, 4) is 0 Å². The number of amides is 2. The first-order valence-electron chi connectivity index (χ1n) is 9.72. The van der Waals surface area contributed by atoms with Crippen LogP contribution in [0.15, 0.2) is 24.3 Å². The normalized spacial score (nSPS) is 16.6.